The van der Waals surface area contributed by atoms with Gasteiger partial charge in [-0.2, -0.15) is 16.7 Å². The van der Waals surface area contributed by atoms with Crippen molar-refractivity contribution in [3.05, 3.63) is 11.7 Å². The Morgan fingerprint density at radius 2 is 2.26 bits per heavy atom. The number of nitrogens with one attached hydrogen (secondary N) is 1. The molecule has 2 unspecified atom stereocenters. The van der Waals surface area contributed by atoms with Gasteiger partial charge in [-0.3, -0.25) is 0 Å². The van der Waals surface area contributed by atoms with Crippen molar-refractivity contribution in [1.82, 2.24) is 15.5 Å². The molecule has 19 heavy (non-hydrogen) atoms. The SMILES string of the molecule is CCNC1CCCC1c1nc(CSCC(C)C)no1. The predicted molar refractivity (Wildman–Crippen MR) is 79.4 cm³/mol. The monoisotopic (exact) mass is 283 g/mol. The van der Waals surface area contributed by atoms with Crippen molar-refractivity contribution < 1.29 is 4.52 Å². The lowest BCUT2D eigenvalue weighted by Crippen LogP contribution is -2.31. The maximum atomic E-state index is 5.47. The van der Waals surface area contributed by atoms with Crippen LogP contribution in [-0.2, 0) is 5.75 Å². The van der Waals surface area contributed by atoms with Crippen LogP contribution in [0.1, 0.15) is 57.7 Å². The van der Waals surface area contributed by atoms with Crippen LogP contribution in [0.3, 0.4) is 0 Å². The standard InChI is InChI=1S/C14H25N3OS/c1-4-15-12-7-5-6-11(12)14-16-13(17-18-14)9-19-8-10(2)3/h10-12,15H,4-9H2,1-3H3. The highest BCUT2D eigenvalue weighted by molar-refractivity contribution is 7.98. The van der Waals surface area contributed by atoms with Crippen LogP contribution in [0.4, 0.5) is 0 Å². The number of likely N-dealkylation sites (N-methyl/N-ethyl adjacent to an activating group) is 1. The third kappa shape index (κ3) is 4.21. The fourth-order valence-electron chi connectivity index (χ4n) is 2.62. The minimum Gasteiger partial charge on any atom is -0.339 e. The first-order valence-corrected chi connectivity index (χ1v) is 8.49. The largest absolute Gasteiger partial charge is 0.339 e. The number of hydrogen-bond donors (Lipinski definition) is 1. The third-order valence-corrected chi connectivity index (χ3v) is 4.83. The quantitative estimate of drug-likeness (QED) is 0.832. The highest BCUT2D eigenvalue weighted by Crippen LogP contribution is 2.33. The Labute approximate surface area is 120 Å². The summed E-state index contributed by atoms with van der Waals surface area (Å²) in [6.07, 6.45) is 3.64. The van der Waals surface area contributed by atoms with E-state index >= 15 is 0 Å². The molecule has 1 aromatic rings. The lowest BCUT2D eigenvalue weighted by Gasteiger charge is -2.16. The maximum Gasteiger partial charge on any atom is 0.231 e. The minimum absolute atomic E-state index is 0.413. The van der Waals surface area contributed by atoms with E-state index in [-0.39, 0.29) is 0 Å². The minimum atomic E-state index is 0.413. The second-order valence-corrected chi connectivity index (χ2v) is 6.69. The lowest BCUT2D eigenvalue weighted by atomic mass is 10.0. The summed E-state index contributed by atoms with van der Waals surface area (Å²) in [6, 6.07) is 0.515. The molecule has 1 aliphatic carbocycles. The van der Waals surface area contributed by atoms with Gasteiger partial charge in [-0.05, 0) is 31.1 Å². The van der Waals surface area contributed by atoms with Gasteiger partial charge in [-0.1, -0.05) is 32.3 Å². The zero-order chi connectivity index (χ0) is 13.7. The summed E-state index contributed by atoms with van der Waals surface area (Å²) < 4.78 is 5.47. The van der Waals surface area contributed by atoms with E-state index in [0.717, 1.165) is 29.8 Å². The highest BCUT2D eigenvalue weighted by Gasteiger charge is 2.32. The first kappa shape index (κ1) is 14.9. The fourth-order valence-corrected chi connectivity index (χ4v) is 3.51. The van der Waals surface area contributed by atoms with Crippen molar-refractivity contribution in [2.45, 2.75) is 57.7 Å². The van der Waals surface area contributed by atoms with Gasteiger partial charge in [-0.25, -0.2) is 0 Å². The third-order valence-electron chi connectivity index (χ3n) is 3.47. The predicted octanol–water partition coefficient (Wildman–Crippen LogP) is 3.20. The molecule has 4 nitrogen and oxygen atoms in total. The Morgan fingerprint density at radius 1 is 1.42 bits per heavy atom. The molecule has 0 radical (unpaired) electrons. The summed E-state index contributed by atoms with van der Waals surface area (Å²) in [4.78, 5) is 4.58. The molecule has 108 valence electrons. The van der Waals surface area contributed by atoms with E-state index < -0.39 is 0 Å². The Bertz CT molecular complexity index is 381. The fraction of sp³-hybridized carbons (Fsp3) is 0.857. The van der Waals surface area contributed by atoms with Gasteiger partial charge in [-0.15, -0.1) is 0 Å². The summed E-state index contributed by atoms with van der Waals surface area (Å²) >= 11 is 1.88. The molecule has 0 amide bonds. The molecular weight excluding hydrogens is 258 g/mol. The van der Waals surface area contributed by atoms with Crippen LogP contribution < -0.4 is 5.32 Å². The molecule has 5 heteroatoms. The molecule has 1 fully saturated rings. The second kappa shape index (κ2) is 7.29. The lowest BCUT2D eigenvalue weighted by molar-refractivity contribution is 0.329. The zero-order valence-corrected chi connectivity index (χ0v) is 13.0. The Hall–Kier alpha value is -0.550. The summed E-state index contributed by atoms with van der Waals surface area (Å²) in [5, 5.41) is 7.64. The van der Waals surface area contributed by atoms with Crippen molar-refractivity contribution in [3.63, 3.8) is 0 Å². The maximum absolute atomic E-state index is 5.47. The normalized spacial score (nSPS) is 23.4. The number of aromatic nitrogens is 2. The first-order chi connectivity index (χ1) is 9.20. The first-order valence-electron chi connectivity index (χ1n) is 7.34. The van der Waals surface area contributed by atoms with Crippen LogP contribution in [0.25, 0.3) is 0 Å². The average Bonchev–Trinajstić information content (AvgIpc) is 2.97. The van der Waals surface area contributed by atoms with Gasteiger partial charge in [0.1, 0.15) is 0 Å². The van der Waals surface area contributed by atoms with Crippen molar-refractivity contribution in [2.75, 3.05) is 12.3 Å². The molecule has 0 aromatic carbocycles. The van der Waals surface area contributed by atoms with Crippen molar-refractivity contribution in [1.29, 1.82) is 0 Å². The molecule has 2 atom stereocenters. The zero-order valence-electron chi connectivity index (χ0n) is 12.2. The van der Waals surface area contributed by atoms with Gasteiger partial charge >= 0.3 is 0 Å². The molecule has 0 saturated heterocycles. The van der Waals surface area contributed by atoms with Crippen LogP contribution >= 0.6 is 11.8 Å². The van der Waals surface area contributed by atoms with E-state index in [0.29, 0.717) is 17.9 Å². The molecular formula is C14H25N3OS. The van der Waals surface area contributed by atoms with E-state index in [1.165, 1.54) is 19.3 Å². The van der Waals surface area contributed by atoms with Gasteiger partial charge < -0.3 is 9.84 Å². The molecule has 1 heterocycles. The van der Waals surface area contributed by atoms with Crippen LogP contribution in [-0.4, -0.2) is 28.5 Å². The summed E-state index contributed by atoms with van der Waals surface area (Å²) in [6.45, 7) is 7.62. The van der Waals surface area contributed by atoms with Crippen LogP contribution in [0, 0.1) is 5.92 Å². The summed E-state index contributed by atoms with van der Waals surface area (Å²) in [5.74, 6) is 4.82. The summed E-state index contributed by atoms with van der Waals surface area (Å²) in [5.41, 5.74) is 0. The van der Waals surface area contributed by atoms with E-state index in [2.05, 4.69) is 36.2 Å². The van der Waals surface area contributed by atoms with E-state index in [1.807, 2.05) is 11.8 Å². The topological polar surface area (TPSA) is 51.0 Å². The van der Waals surface area contributed by atoms with Gasteiger partial charge in [0.2, 0.25) is 5.89 Å². The van der Waals surface area contributed by atoms with Crippen molar-refractivity contribution in [2.24, 2.45) is 5.92 Å². The van der Waals surface area contributed by atoms with Crippen molar-refractivity contribution in [3.8, 4) is 0 Å². The van der Waals surface area contributed by atoms with E-state index in [4.69, 9.17) is 4.52 Å². The van der Waals surface area contributed by atoms with Crippen LogP contribution in [0.5, 0.6) is 0 Å². The Kier molecular flexibility index (Phi) is 5.70. The molecule has 1 aliphatic rings. The number of hydrogen-bond acceptors (Lipinski definition) is 5. The van der Waals surface area contributed by atoms with Gasteiger partial charge in [0.25, 0.3) is 0 Å². The average molecular weight is 283 g/mol. The molecule has 2 rings (SSSR count). The van der Waals surface area contributed by atoms with Gasteiger partial charge in [0.15, 0.2) is 5.82 Å². The molecule has 1 N–H and O–H groups in total. The second-order valence-electron chi connectivity index (χ2n) is 5.66. The Balaban J connectivity index is 1.89. The summed E-state index contributed by atoms with van der Waals surface area (Å²) in [7, 11) is 0. The molecule has 1 saturated carbocycles. The molecule has 0 spiro atoms. The molecule has 0 aliphatic heterocycles. The van der Waals surface area contributed by atoms with Crippen LogP contribution in [0.15, 0.2) is 4.52 Å². The highest BCUT2D eigenvalue weighted by atomic mass is 32.2. The molecule has 1 aromatic heterocycles. The van der Waals surface area contributed by atoms with Gasteiger partial charge in [0.05, 0.1) is 11.7 Å². The van der Waals surface area contributed by atoms with E-state index in [9.17, 15) is 0 Å². The van der Waals surface area contributed by atoms with Crippen molar-refractivity contribution >= 4 is 11.8 Å². The molecule has 0 bridgehead atoms. The number of rotatable bonds is 7. The Morgan fingerprint density at radius 3 is 3.00 bits per heavy atom. The van der Waals surface area contributed by atoms with Crippen LogP contribution in [0.2, 0.25) is 0 Å². The van der Waals surface area contributed by atoms with Gasteiger partial charge in [0, 0.05) is 6.04 Å². The smallest absolute Gasteiger partial charge is 0.231 e. The van der Waals surface area contributed by atoms with E-state index in [1.54, 1.807) is 0 Å². The number of nitrogens with zero attached hydrogens (tertiary/aromatic N) is 2. The number of thioether (sulfide) groups is 1.